The number of nitrogens with one attached hydrogen (secondary N) is 1. The van der Waals surface area contributed by atoms with E-state index in [1.165, 1.54) is 0 Å². The molecule has 0 aromatic rings. The zero-order chi connectivity index (χ0) is 15.8. The number of halogens is 3. The van der Waals surface area contributed by atoms with Crippen LogP contribution >= 0.6 is 0 Å². The van der Waals surface area contributed by atoms with Gasteiger partial charge in [0.2, 0.25) is 0 Å². The van der Waals surface area contributed by atoms with E-state index >= 15 is 0 Å². The Kier molecular flexibility index (Phi) is 8.75. The Bertz CT molecular complexity index is 254. The largest absolute Gasteiger partial charge is 0.411 e. The molecule has 0 amide bonds. The molecule has 0 spiro atoms. The Morgan fingerprint density at radius 1 is 1.10 bits per heavy atom. The Morgan fingerprint density at radius 2 is 1.70 bits per heavy atom. The summed E-state index contributed by atoms with van der Waals surface area (Å²) in [6.45, 7) is 11.7. The first-order valence-electron chi connectivity index (χ1n) is 7.42. The van der Waals surface area contributed by atoms with E-state index in [2.05, 4.69) is 44.7 Å². The number of alkyl halides is 3. The summed E-state index contributed by atoms with van der Waals surface area (Å²) in [7, 11) is 0. The highest BCUT2D eigenvalue weighted by Gasteiger charge is 2.29. The first-order valence-corrected chi connectivity index (χ1v) is 7.42. The van der Waals surface area contributed by atoms with E-state index in [9.17, 15) is 13.2 Å². The highest BCUT2D eigenvalue weighted by atomic mass is 19.4. The summed E-state index contributed by atoms with van der Waals surface area (Å²) in [4.78, 5) is 0. The van der Waals surface area contributed by atoms with Crippen LogP contribution in [0.5, 0.6) is 0 Å². The molecule has 2 nitrogen and oxygen atoms in total. The lowest BCUT2D eigenvalue weighted by atomic mass is 9.75. The predicted octanol–water partition coefficient (Wildman–Crippen LogP) is 4.25. The SMILES string of the molecule is CC(C)CNCC(C)(CCCOCC(F)(F)F)C(C)C. The number of hydrogen-bond acceptors (Lipinski definition) is 2. The fourth-order valence-corrected chi connectivity index (χ4v) is 1.99. The van der Waals surface area contributed by atoms with E-state index in [0.717, 1.165) is 19.5 Å². The molecule has 0 bridgehead atoms. The summed E-state index contributed by atoms with van der Waals surface area (Å²) >= 11 is 0. The average molecular weight is 297 g/mol. The Hall–Kier alpha value is -0.290. The second-order valence-corrected chi connectivity index (χ2v) is 6.60. The molecule has 0 aromatic heterocycles. The van der Waals surface area contributed by atoms with Crippen molar-refractivity contribution in [3.8, 4) is 0 Å². The maximum Gasteiger partial charge on any atom is 0.411 e. The third kappa shape index (κ3) is 9.59. The van der Waals surface area contributed by atoms with E-state index in [0.29, 0.717) is 18.3 Å². The molecule has 0 radical (unpaired) electrons. The zero-order valence-electron chi connectivity index (χ0n) is 13.4. The molecule has 20 heavy (non-hydrogen) atoms. The number of hydrogen-bond donors (Lipinski definition) is 1. The van der Waals surface area contributed by atoms with Crippen molar-refractivity contribution in [1.82, 2.24) is 5.32 Å². The van der Waals surface area contributed by atoms with E-state index in [-0.39, 0.29) is 12.0 Å². The van der Waals surface area contributed by atoms with Gasteiger partial charge < -0.3 is 10.1 Å². The van der Waals surface area contributed by atoms with Crippen molar-refractivity contribution in [1.29, 1.82) is 0 Å². The van der Waals surface area contributed by atoms with Gasteiger partial charge in [-0.1, -0.05) is 34.6 Å². The molecule has 0 aromatic carbocycles. The summed E-state index contributed by atoms with van der Waals surface area (Å²) in [5, 5.41) is 3.45. The highest BCUT2D eigenvalue weighted by Crippen LogP contribution is 2.31. The Labute approximate surface area is 121 Å². The van der Waals surface area contributed by atoms with Gasteiger partial charge in [-0.05, 0) is 36.6 Å². The van der Waals surface area contributed by atoms with Crippen LogP contribution in [0.25, 0.3) is 0 Å². The van der Waals surface area contributed by atoms with Crippen molar-refractivity contribution in [3.63, 3.8) is 0 Å². The van der Waals surface area contributed by atoms with Gasteiger partial charge in [-0.3, -0.25) is 0 Å². The standard InChI is InChI=1S/C15H30F3NO/c1-12(2)9-19-10-14(5,13(3)4)7-6-8-20-11-15(16,17)18/h12-13,19H,6-11H2,1-5H3. The molecule has 0 saturated carbocycles. The van der Waals surface area contributed by atoms with Crippen LogP contribution in [-0.2, 0) is 4.74 Å². The van der Waals surface area contributed by atoms with E-state index in [4.69, 9.17) is 0 Å². The summed E-state index contributed by atoms with van der Waals surface area (Å²) in [5.41, 5.74) is 0.0937. The van der Waals surface area contributed by atoms with Crippen molar-refractivity contribution in [2.75, 3.05) is 26.3 Å². The van der Waals surface area contributed by atoms with Crippen molar-refractivity contribution in [2.45, 2.75) is 53.6 Å². The fraction of sp³-hybridized carbons (Fsp3) is 1.00. The van der Waals surface area contributed by atoms with Gasteiger partial charge in [0.1, 0.15) is 6.61 Å². The summed E-state index contributed by atoms with van der Waals surface area (Å²) in [6, 6.07) is 0. The third-order valence-electron chi connectivity index (χ3n) is 3.78. The van der Waals surface area contributed by atoms with E-state index < -0.39 is 12.8 Å². The summed E-state index contributed by atoms with van der Waals surface area (Å²) < 4.78 is 40.5. The van der Waals surface area contributed by atoms with Crippen LogP contribution in [0.1, 0.15) is 47.5 Å². The molecule has 0 aliphatic rings. The van der Waals surface area contributed by atoms with Gasteiger partial charge in [0, 0.05) is 13.2 Å². The Morgan fingerprint density at radius 3 is 2.15 bits per heavy atom. The lowest BCUT2D eigenvalue weighted by Gasteiger charge is -2.34. The van der Waals surface area contributed by atoms with Crippen LogP contribution in [0.3, 0.4) is 0 Å². The van der Waals surface area contributed by atoms with Gasteiger partial charge in [-0.15, -0.1) is 0 Å². The number of ether oxygens (including phenoxy) is 1. The van der Waals surface area contributed by atoms with Crippen LogP contribution < -0.4 is 5.32 Å². The van der Waals surface area contributed by atoms with Gasteiger partial charge in [0.05, 0.1) is 0 Å². The van der Waals surface area contributed by atoms with E-state index in [1.54, 1.807) is 0 Å². The van der Waals surface area contributed by atoms with Crippen LogP contribution in [0.15, 0.2) is 0 Å². The molecule has 0 rings (SSSR count). The van der Waals surface area contributed by atoms with Gasteiger partial charge in [0.25, 0.3) is 0 Å². The van der Waals surface area contributed by atoms with Crippen molar-refractivity contribution in [3.05, 3.63) is 0 Å². The fourth-order valence-electron chi connectivity index (χ4n) is 1.99. The Balaban J connectivity index is 4.01. The van der Waals surface area contributed by atoms with Gasteiger partial charge in [-0.25, -0.2) is 0 Å². The maximum atomic E-state index is 12.0. The average Bonchev–Trinajstić information content (AvgIpc) is 2.26. The van der Waals surface area contributed by atoms with Crippen molar-refractivity contribution >= 4 is 0 Å². The second kappa shape index (κ2) is 8.88. The molecule has 0 saturated heterocycles. The smallest absolute Gasteiger partial charge is 0.372 e. The molecule has 5 heteroatoms. The summed E-state index contributed by atoms with van der Waals surface area (Å²) in [5.74, 6) is 1.08. The first kappa shape index (κ1) is 19.7. The predicted molar refractivity (Wildman–Crippen MR) is 76.8 cm³/mol. The zero-order valence-corrected chi connectivity index (χ0v) is 13.4. The molecule has 1 N–H and O–H groups in total. The van der Waals surface area contributed by atoms with Gasteiger partial charge in [-0.2, -0.15) is 13.2 Å². The van der Waals surface area contributed by atoms with E-state index in [1.807, 2.05) is 0 Å². The topological polar surface area (TPSA) is 21.3 Å². The van der Waals surface area contributed by atoms with Crippen molar-refractivity contribution < 1.29 is 17.9 Å². The molecule has 0 aliphatic carbocycles. The van der Waals surface area contributed by atoms with Crippen LogP contribution in [-0.4, -0.2) is 32.5 Å². The van der Waals surface area contributed by atoms with Crippen LogP contribution in [0.4, 0.5) is 13.2 Å². The highest BCUT2D eigenvalue weighted by molar-refractivity contribution is 4.80. The molecule has 0 fully saturated rings. The monoisotopic (exact) mass is 297 g/mol. The molecular formula is C15H30F3NO. The second-order valence-electron chi connectivity index (χ2n) is 6.60. The molecule has 1 atom stereocenters. The first-order chi connectivity index (χ1) is 9.07. The molecular weight excluding hydrogens is 267 g/mol. The molecule has 0 aliphatic heterocycles. The minimum absolute atomic E-state index is 0.0937. The minimum atomic E-state index is -4.22. The number of rotatable bonds is 10. The molecule has 122 valence electrons. The van der Waals surface area contributed by atoms with Crippen molar-refractivity contribution in [2.24, 2.45) is 17.3 Å². The van der Waals surface area contributed by atoms with Gasteiger partial charge in [0.15, 0.2) is 0 Å². The molecule has 1 unspecified atom stereocenters. The lowest BCUT2D eigenvalue weighted by Crippen LogP contribution is -2.37. The summed E-state index contributed by atoms with van der Waals surface area (Å²) in [6.07, 6.45) is -2.69. The molecule has 0 heterocycles. The van der Waals surface area contributed by atoms with Crippen LogP contribution in [0, 0.1) is 17.3 Å². The third-order valence-corrected chi connectivity index (χ3v) is 3.78. The van der Waals surface area contributed by atoms with Crippen LogP contribution in [0.2, 0.25) is 0 Å². The van der Waals surface area contributed by atoms with Gasteiger partial charge >= 0.3 is 6.18 Å². The quantitative estimate of drug-likeness (QED) is 0.609. The normalized spacial score (nSPS) is 15.9. The maximum absolute atomic E-state index is 12.0. The minimum Gasteiger partial charge on any atom is -0.372 e. The lowest BCUT2D eigenvalue weighted by molar-refractivity contribution is -0.174.